The van der Waals surface area contributed by atoms with Crippen LogP contribution in [0.3, 0.4) is 0 Å². The number of anilines is 1. The summed E-state index contributed by atoms with van der Waals surface area (Å²) in [5.41, 5.74) is 6.10. The Hall–Kier alpha value is -4.10. The Morgan fingerprint density at radius 2 is 1.57 bits per heavy atom. The van der Waals surface area contributed by atoms with E-state index in [1.54, 1.807) is 24.3 Å². The van der Waals surface area contributed by atoms with E-state index in [-0.39, 0.29) is 6.42 Å². The van der Waals surface area contributed by atoms with Crippen LogP contribution in [0.25, 0.3) is 11.3 Å². The molecule has 1 N–H and O–H groups in total. The molecule has 1 aliphatic carbocycles. The van der Waals surface area contributed by atoms with Crippen LogP contribution in [0.5, 0.6) is 0 Å². The van der Waals surface area contributed by atoms with Gasteiger partial charge >= 0.3 is 0 Å². The lowest BCUT2D eigenvalue weighted by atomic mass is 9.90. The Labute approximate surface area is 219 Å². The third-order valence-corrected chi connectivity index (χ3v) is 7.85. The molecule has 37 heavy (non-hydrogen) atoms. The molecule has 0 fully saturated rings. The van der Waals surface area contributed by atoms with Gasteiger partial charge in [0, 0.05) is 17.4 Å². The summed E-state index contributed by atoms with van der Waals surface area (Å²) in [5.74, 6) is -1.35. The van der Waals surface area contributed by atoms with Crippen molar-refractivity contribution in [2.24, 2.45) is 0 Å². The second-order valence-electron chi connectivity index (χ2n) is 9.45. The lowest BCUT2D eigenvalue weighted by Gasteiger charge is -2.25. The van der Waals surface area contributed by atoms with Crippen LogP contribution in [0.4, 0.5) is 5.13 Å². The maximum Gasteiger partial charge on any atom is 0.262 e. The number of imide groups is 1. The van der Waals surface area contributed by atoms with Crippen molar-refractivity contribution >= 4 is 34.2 Å². The Kier molecular flexibility index (Phi) is 6.14. The second-order valence-corrected chi connectivity index (χ2v) is 10.3. The van der Waals surface area contributed by atoms with Crippen LogP contribution < -0.4 is 5.32 Å². The first-order valence-electron chi connectivity index (χ1n) is 12.5. The van der Waals surface area contributed by atoms with Crippen molar-refractivity contribution in [3.05, 3.63) is 106 Å². The summed E-state index contributed by atoms with van der Waals surface area (Å²) in [4.78, 5) is 45.8. The topological polar surface area (TPSA) is 79.4 Å². The largest absolute Gasteiger partial charge is 0.300 e. The van der Waals surface area contributed by atoms with Gasteiger partial charge in [0.15, 0.2) is 5.13 Å². The fraction of sp³-hybridized carbons (Fsp3) is 0.200. The van der Waals surface area contributed by atoms with E-state index in [9.17, 15) is 14.4 Å². The summed E-state index contributed by atoms with van der Waals surface area (Å²) in [5, 5.41) is 5.24. The third kappa shape index (κ3) is 4.47. The number of nitrogens with one attached hydrogen (secondary N) is 1. The van der Waals surface area contributed by atoms with Crippen molar-refractivity contribution in [2.45, 2.75) is 38.1 Å². The van der Waals surface area contributed by atoms with Crippen LogP contribution in [-0.4, -0.2) is 33.6 Å². The molecule has 0 saturated heterocycles. The predicted octanol–water partition coefficient (Wildman–Crippen LogP) is 5.53. The molecule has 3 amide bonds. The van der Waals surface area contributed by atoms with Gasteiger partial charge < -0.3 is 5.32 Å². The summed E-state index contributed by atoms with van der Waals surface area (Å²) in [6.45, 7) is 0. The molecule has 0 saturated carbocycles. The molecule has 0 radical (unpaired) electrons. The summed E-state index contributed by atoms with van der Waals surface area (Å²) >= 11 is 1.33. The van der Waals surface area contributed by atoms with Crippen LogP contribution in [0.2, 0.25) is 0 Å². The molecular weight excluding hydrogens is 482 g/mol. The normalized spacial score (nSPS) is 15.3. The number of nitrogens with zero attached hydrogens (tertiary/aromatic N) is 2. The average molecular weight is 508 g/mol. The van der Waals surface area contributed by atoms with Crippen molar-refractivity contribution in [3.63, 3.8) is 0 Å². The van der Waals surface area contributed by atoms with E-state index in [0.717, 1.165) is 34.6 Å². The van der Waals surface area contributed by atoms with Crippen LogP contribution in [0.1, 0.15) is 50.2 Å². The molecule has 4 aromatic rings. The number of hydrogen-bond donors (Lipinski definition) is 1. The first-order chi connectivity index (χ1) is 18.1. The smallest absolute Gasteiger partial charge is 0.262 e. The maximum atomic E-state index is 13.6. The quantitative estimate of drug-likeness (QED) is 0.348. The number of carbonyl (C=O) groups is 3. The molecule has 0 spiro atoms. The number of rotatable bonds is 6. The number of fused-ring (bicyclic) bond motifs is 2. The zero-order valence-electron chi connectivity index (χ0n) is 20.1. The van der Waals surface area contributed by atoms with Gasteiger partial charge in [0.05, 0.1) is 16.8 Å². The number of benzene rings is 3. The molecule has 0 bridgehead atoms. The van der Waals surface area contributed by atoms with Crippen molar-refractivity contribution in [2.75, 3.05) is 5.32 Å². The first kappa shape index (κ1) is 23.3. The zero-order valence-corrected chi connectivity index (χ0v) is 21.0. The van der Waals surface area contributed by atoms with Crippen LogP contribution in [0, 0.1) is 0 Å². The fourth-order valence-electron chi connectivity index (χ4n) is 5.17. The minimum atomic E-state index is -1.01. The highest BCUT2D eigenvalue weighted by Gasteiger charge is 2.42. The van der Waals surface area contributed by atoms with Gasteiger partial charge in [0.25, 0.3) is 11.8 Å². The van der Waals surface area contributed by atoms with Crippen LogP contribution in [-0.2, 0) is 24.1 Å². The summed E-state index contributed by atoms with van der Waals surface area (Å²) in [6.07, 6.45) is 4.85. The molecule has 3 aromatic carbocycles. The summed E-state index contributed by atoms with van der Waals surface area (Å²) in [6, 6.07) is 21.5. The molecule has 0 unspecified atom stereocenters. The van der Waals surface area contributed by atoms with Crippen molar-refractivity contribution in [3.8, 4) is 11.3 Å². The highest BCUT2D eigenvalue weighted by atomic mass is 32.1. The molecule has 6 nitrogen and oxygen atoms in total. The van der Waals surface area contributed by atoms with E-state index in [4.69, 9.17) is 0 Å². The minimum Gasteiger partial charge on any atom is -0.300 e. The van der Waals surface area contributed by atoms with Crippen molar-refractivity contribution in [1.29, 1.82) is 0 Å². The van der Waals surface area contributed by atoms with E-state index >= 15 is 0 Å². The van der Waals surface area contributed by atoms with E-state index in [2.05, 4.69) is 28.5 Å². The molecule has 184 valence electrons. The number of thiazole rings is 1. The molecule has 1 aromatic heterocycles. The molecule has 7 heteroatoms. The van der Waals surface area contributed by atoms with Gasteiger partial charge in [0.2, 0.25) is 5.91 Å². The third-order valence-electron chi connectivity index (χ3n) is 7.09. The van der Waals surface area contributed by atoms with Gasteiger partial charge in [-0.25, -0.2) is 4.98 Å². The second kappa shape index (κ2) is 9.75. The number of hydrogen-bond acceptors (Lipinski definition) is 5. The van der Waals surface area contributed by atoms with E-state index in [0.29, 0.717) is 16.3 Å². The van der Waals surface area contributed by atoms with Gasteiger partial charge in [-0.3, -0.25) is 19.3 Å². The number of carbonyl (C=O) groups excluding carboxylic acids is 3. The van der Waals surface area contributed by atoms with E-state index < -0.39 is 23.8 Å². The van der Waals surface area contributed by atoms with Gasteiger partial charge in [-0.05, 0) is 60.6 Å². The predicted molar refractivity (Wildman–Crippen MR) is 144 cm³/mol. The van der Waals surface area contributed by atoms with Gasteiger partial charge in [0.1, 0.15) is 6.04 Å². The van der Waals surface area contributed by atoms with Crippen LogP contribution in [0.15, 0.2) is 78.2 Å². The van der Waals surface area contributed by atoms with Crippen LogP contribution >= 0.6 is 11.3 Å². The highest BCUT2D eigenvalue weighted by Crippen LogP contribution is 2.31. The molecule has 2 aliphatic rings. The van der Waals surface area contributed by atoms with E-state index in [1.807, 2.05) is 35.7 Å². The SMILES string of the molecule is O=C(Nc1nc(-c2ccc3c(c2)CCCC3)cs1)[C@H](Cc1ccccc1)N1C(=O)c2ccccc2C1=O. The van der Waals surface area contributed by atoms with Crippen molar-refractivity contribution < 1.29 is 14.4 Å². The Bertz CT molecular complexity index is 1480. The molecule has 6 rings (SSSR count). The van der Waals surface area contributed by atoms with E-state index in [1.165, 1.54) is 35.3 Å². The number of aryl methyl sites for hydroxylation is 2. The standard InChI is InChI=1S/C30H25N3O3S/c34-27(32-30-31-25(18-37-30)22-15-14-20-10-4-5-11-21(20)17-22)26(16-19-8-2-1-3-9-19)33-28(35)23-12-6-7-13-24(23)29(33)36/h1-3,6-9,12-15,17-18,26H,4-5,10-11,16H2,(H,31,32,34)/t26-/m0/s1. The Morgan fingerprint density at radius 1 is 0.892 bits per heavy atom. The van der Waals surface area contributed by atoms with Gasteiger partial charge in [-0.1, -0.05) is 54.6 Å². The molecule has 2 heterocycles. The summed E-state index contributed by atoms with van der Waals surface area (Å²) in [7, 11) is 0. The highest BCUT2D eigenvalue weighted by molar-refractivity contribution is 7.14. The van der Waals surface area contributed by atoms with Gasteiger partial charge in [-0.2, -0.15) is 0 Å². The fourth-order valence-corrected chi connectivity index (χ4v) is 5.90. The lowest BCUT2D eigenvalue weighted by Crippen LogP contribution is -2.48. The zero-order chi connectivity index (χ0) is 25.4. The number of aromatic nitrogens is 1. The van der Waals surface area contributed by atoms with Crippen molar-refractivity contribution in [1.82, 2.24) is 9.88 Å². The maximum absolute atomic E-state index is 13.6. The lowest BCUT2D eigenvalue weighted by molar-refractivity contribution is -0.119. The number of amides is 3. The molecular formula is C30H25N3O3S. The average Bonchev–Trinajstić information content (AvgIpc) is 3.50. The van der Waals surface area contributed by atoms with Gasteiger partial charge in [-0.15, -0.1) is 11.3 Å². The summed E-state index contributed by atoms with van der Waals surface area (Å²) < 4.78 is 0. The first-order valence-corrected chi connectivity index (χ1v) is 13.4. The molecule has 1 atom stereocenters. The monoisotopic (exact) mass is 507 g/mol. The minimum absolute atomic E-state index is 0.210. The Morgan fingerprint density at radius 3 is 2.30 bits per heavy atom. The Balaban J connectivity index is 1.27. The molecule has 1 aliphatic heterocycles.